The summed E-state index contributed by atoms with van der Waals surface area (Å²) in [6.07, 6.45) is 3.65. The molecule has 1 aromatic rings. The lowest BCUT2D eigenvalue weighted by atomic mass is 9.94. The number of carbonyl (C=O) groups excluding carboxylic acids is 2. The van der Waals surface area contributed by atoms with E-state index in [0.29, 0.717) is 37.5 Å². The SMILES string of the molecule is CC(C)N(C(=O)C1CCN(C(=O)c2ccc(F)cc2)CC1)C1CC1. The highest BCUT2D eigenvalue weighted by Crippen LogP contribution is 2.32. The predicted molar refractivity (Wildman–Crippen MR) is 90.0 cm³/mol. The van der Waals surface area contributed by atoms with Gasteiger partial charge < -0.3 is 9.80 Å². The summed E-state index contributed by atoms with van der Waals surface area (Å²) >= 11 is 0. The first-order valence-electron chi connectivity index (χ1n) is 8.84. The van der Waals surface area contributed by atoms with E-state index in [-0.39, 0.29) is 29.6 Å². The topological polar surface area (TPSA) is 40.6 Å². The van der Waals surface area contributed by atoms with E-state index in [1.54, 1.807) is 4.90 Å². The summed E-state index contributed by atoms with van der Waals surface area (Å²) in [5, 5.41) is 0. The molecule has 130 valence electrons. The minimum absolute atomic E-state index is 0.0188. The molecule has 5 heteroatoms. The van der Waals surface area contributed by atoms with Crippen molar-refractivity contribution in [2.75, 3.05) is 13.1 Å². The molecule has 0 radical (unpaired) electrons. The lowest BCUT2D eigenvalue weighted by Crippen LogP contribution is -2.47. The van der Waals surface area contributed by atoms with E-state index < -0.39 is 0 Å². The van der Waals surface area contributed by atoms with E-state index >= 15 is 0 Å². The minimum Gasteiger partial charge on any atom is -0.339 e. The van der Waals surface area contributed by atoms with Gasteiger partial charge in [-0.25, -0.2) is 4.39 Å². The number of piperidine rings is 1. The molecule has 1 saturated heterocycles. The second-order valence-electron chi connectivity index (χ2n) is 7.14. The number of amides is 2. The summed E-state index contributed by atoms with van der Waals surface area (Å²) in [5.41, 5.74) is 0.503. The molecule has 0 atom stereocenters. The Kier molecular flexibility index (Phi) is 4.88. The van der Waals surface area contributed by atoms with Crippen molar-refractivity contribution in [3.8, 4) is 0 Å². The Morgan fingerprint density at radius 2 is 1.67 bits per heavy atom. The second kappa shape index (κ2) is 6.91. The van der Waals surface area contributed by atoms with Gasteiger partial charge in [-0.15, -0.1) is 0 Å². The normalized spacial score (nSPS) is 18.8. The Morgan fingerprint density at radius 1 is 1.08 bits per heavy atom. The molecular weight excluding hydrogens is 307 g/mol. The largest absolute Gasteiger partial charge is 0.339 e. The van der Waals surface area contributed by atoms with E-state index in [9.17, 15) is 14.0 Å². The summed E-state index contributed by atoms with van der Waals surface area (Å²) in [7, 11) is 0. The van der Waals surface area contributed by atoms with Crippen molar-refractivity contribution in [3.63, 3.8) is 0 Å². The molecule has 3 rings (SSSR count). The maximum Gasteiger partial charge on any atom is 0.253 e. The van der Waals surface area contributed by atoms with Crippen molar-refractivity contribution in [1.29, 1.82) is 0 Å². The lowest BCUT2D eigenvalue weighted by molar-refractivity contribution is -0.139. The number of hydrogen-bond acceptors (Lipinski definition) is 2. The molecule has 4 nitrogen and oxygen atoms in total. The van der Waals surface area contributed by atoms with E-state index in [0.717, 1.165) is 12.8 Å². The van der Waals surface area contributed by atoms with Gasteiger partial charge in [-0.1, -0.05) is 0 Å². The third-order valence-electron chi connectivity index (χ3n) is 4.97. The van der Waals surface area contributed by atoms with Gasteiger partial charge in [0.15, 0.2) is 0 Å². The van der Waals surface area contributed by atoms with Crippen LogP contribution < -0.4 is 0 Å². The van der Waals surface area contributed by atoms with Crippen LogP contribution in [0.2, 0.25) is 0 Å². The molecule has 1 saturated carbocycles. The van der Waals surface area contributed by atoms with Gasteiger partial charge in [0.1, 0.15) is 5.82 Å². The Balaban J connectivity index is 1.58. The maximum absolute atomic E-state index is 13.0. The van der Waals surface area contributed by atoms with Crippen molar-refractivity contribution in [2.24, 2.45) is 5.92 Å². The van der Waals surface area contributed by atoms with Crippen molar-refractivity contribution in [1.82, 2.24) is 9.80 Å². The van der Waals surface area contributed by atoms with Crippen LogP contribution in [0.4, 0.5) is 4.39 Å². The molecule has 0 bridgehead atoms. The molecule has 0 unspecified atom stereocenters. The molecule has 0 N–H and O–H groups in total. The Bertz CT molecular complexity index is 600. The third kappa shape index (κ3) is 3.60. The highest BCUT2D eigenvalue weighted by atomic mass is 19.1. The fraction of sp³-hybridized carbons (Fsp3) is 0.579. The van der Waals surface area contributed by atoms with E-state index in [1.807, 2.05) is 4.90 Å². The summed E-state index contributed by atoms with van der Waals surface area (Å²) in [5.74, 6) is -0.153. The summed E-state index contributed by atoms with van der Waals surface area (Å²) in [6.45, 7) is 5.32. The number of rotatable bonds is 4. The number of hydrogen-bond donors (Lipinski definition) is 0. The molecule has 2 fully saturated rings. The van der Waals surface area contributed by atoms with Gasteiger partial charge in [-0.3, -0.25) is 9.59 Å². The smallest absolute Gasteiger partial charge is 0.253 e. The number of nitrogens with zero attached hydrogens (tertiary/aromatic N) is 2. The van der Waals surface area contributed by atoms with E-state index in [2.05, 4.69) is 13.8 Å². The molecular formula is C19H25FN2O2. The lowest BCUT2D eigenvalue weighted by Gasteiger charge is -2.36. The zero-order valence-electron chi connectivity index (χ0n) is 14.4. The molecule has 2 amide bonds. The van der Waals surface area contributed by atoms with Crippen molar-refractivity contribution < 1.29 is 14.0 Å². The molecule has 0 spiro atoms. The number of halogens is 1. The third-order valence-corrected chi connectivity index (χ3v) is 4.97. The second-order valence-corrected chi connectivity index (χ2v) is 7.14. The number of benzene rings is 1. The first-order chi connectivity index (χ1) is 11.5. The van der Waals surface area contributed by atoms with Crippen molar-refractivity contribution in [2.45, 2.75) is 51.6 Å². The fourth-order valence-corrected chi connectivity index (χ4v) is 3.52. The Hall–Kier alpha value is -1.91. The van der Waals surface area contributed by atoms with Gasteiger partial charge in [0, 0.05) is 36.7 Å². The Morgan fingerprint density at radius 3 is 2.17 bits per heavy atom. The van der Waals surface area contributed by atoms with Crippen LogP contribution in [0.3, 0.4) is 0 Å². The van der Waals surface area contributed by atoms with E-state index in [1.165, 1.54) is 24.3 Å². The van der Waals surface area contributed by atoms with Crippen molar-refractivity contribution >= 4 is 11.8 Å². The van der Waals surface area contributed by atoms with Crippen LogP contribution >= 0.6 is 0 Å². The molecule has 24 heavy (non-hydrogen) atoms. The molecule has 2 aliphatic rings. The molecule has 1 aliphatic carbocycles. The Labute approximate surface area is 142 Å². The maximum atomic E-state index is 13.0. The summed E-state index contributed by atoms with van der Waals surface area (Å²) in [6, 6.07) is 6.31. The van der Waals surface area contributed by atoms with Gasteiger partial charge in [0.25, 0.3) is 5.91 Å². The first-order valence-corrected chi connectivity index (χ1v) is 8.84. The van der Waals surface area contributed by atoms with Crippen LogP contribution in [0, 0.1) is 11.7 Å². The van der Waals surface area contributed by atoms with Crippen molar-refractivity contribution in [3.05, 3.63) is 35.6 Å². The summed E-state index contributed by atoms with van der Waals surface area (Å²) in [4.78, 5) is 29.1. The average Bonchev–Trinajstić information content (AvgIpc) is 3.39. The van der Waals surface area contributed by atoms with Gasteiger partial charge in [0.05, 0.1) is 0 Å². The van der Waals surface area contributed by atoms with Gasteiger partial charge in [0.2, 0.25) is 5.91 Å². The monoisotopic (exact) mass is 332 g/mol. The van der Waals surface area contributed by atoms with Gasteiger partial charge >= 0.3 is 0 Å². The summed E-state index contributed by atoms with van der Waals surface area (Å²) < 4.78 is 13.0. The van der Waals surface area contributed by atoms with Crippen LogP contribution in [0.5, 0.6) is 0 Å². The molecule has 0 aromatic heterocycles. The molecule has 1 aliphatic heterocycles. The minimum atomic E-state index is -0.343. The van der Waals surface area contributed by atoms with Crippen LogP contribution in [0.25, 0.3) is 0 Å². The number of likely N-dealkylation sites (tertiary alicyclic amines) is 1. The van der Waals surface area contributed by atoms with Gasteiger partial charge in [-0.05, 0) is 63.8 Å². The number of carbonyl (C=O) groups is 2. The fourth-order valence-electron chi connectivity index (χ4n) is 3.52. The standard InChI is InChI=1S/C19H25FN2O2/c1-13(2)22(17-7-8-17)19(24)15-9-11-21(12-10-15)18(23)14-3-5-16(20)6-4-14/h3-6,13,15,17H,7-12H2,1-2H3. The van der Waals surface area contributed by atoms with Crippen LogP contribution in [0.1, 0.15) is 49.9 Å². The zero-order chi connectivity index (χ0) is 17.3. The molecule has 1 heterocycles. The van der Waals surface area contributed by atoms with E-state index in [4.69, 9.17) is 0 Å². The van der Waals surface area contributed by atoms with Crippen LogP contribution in [-0.4, -0.2) is 46.8 Å². The quantitative estimate of drug-likeness (QED) is 0.850. The van der Waals surface area contributed by atoms with Gasteiger partial charge in [-0.2, -0.15) is 0 Å². The zero-order valence-corrected chi connectivity index (χ0v) is 14.4. The first kappa shape index (κ1) is 16.9. The average molecular weight is 332 g/mol. The van der Waals surface area contributed by atoms with Crippen LogP contribution in [0.15, 0.2) is 24.3 Å². The highest BCUT2D eigenvalue weighted by molar-refractivity contribution is 5.94. The predicted octanol–water partition coefficient (Wildman–Crippen LogP) is 3.08. The van der Waals surface area contributed by atoms with Crippen LogP contribution in [-0.2, 0) is 4.79 Å². The molecule has 1 aromatic carbocycles. The highest BCUT2D eigenvalue weighted by Gasteiger charge is 2.38.